The molecular weight excluding hydrogens is 378 g/mol. The molecule has 2 rings (SSSR count). The summed E-state index contributed by atoms with van der Waals surface area (Å²) in [5, 5.41) is 19.0. The number of fused-ring (bicyclic) bond motifs is 1. The molecule has 1 aromatic heterocycles. The van der Waals surface area contributed by atoms with Crippen molar-refractivity contribution < 1.29 is 19.3 Å². The van der Waals surface area contributed by atoms with E-state index < -0.39 is 0 Å². The molecule has 0 fully saturated rings. The molecular formula is C13H16BrClN2O3P+. The summed E-state index contributed by atoms with van der Waals surface area (Å²) < 4.78 is 11.1. The Balaban J connectivity index is 0.000000222. The van der Waals surface area contributed by atoms with Crippen LogP contribution in [-0.2, 0) is 4.57 Å². The molecule has 0 aliphatic heterocycles. The number of aromatic amines is 1. The fourth-order valence-corrected chi connectivity index (χ4v) is 2.46. The van der Waals surface area contributed by atoms with Crippen molar-refractivity contribution in [3.8, 4) is 11.5 Å². The molecule has 8 heteroatoms. The van der Waals surface area contributed by atoms with E-state index in [4.69, 9.17) is 16.7 Å². The van der Waals surface area contributed by atoms with Crippen LogP contribution >= 0.6 is 35.4 Å². The van der Waals surface area contributed by atoms with Crippen LogP contribution in [0.2, 0.25) is 5.02 Å². The van der Waals surface area contributed by atoms with Crippen LogP contribution < -0.4 is 0 Å². The fraction of sp³-hybridized carbons (Fsp3) is 0.308. The molecule has 1 aromatic carbocycles. The van der Waals surface area contributed by atoms with Gasteiger partial charge in [0, 0.05) is 10.7 Å². The third kappa shape index (κ3) is 5.19. The first-order chi connectivity index (χ1) is 9.82. The van der Waals surface area contributed by atoms with Gasteiger partial charge in [0.2, 0.25) is 0 Å². The minimum atomic E-state index is -0.105. The smallest absolute Gasteiger partial charge is 0.142 e. The topological polar surface area (TPSA) is 73.3 Å². The van der Waals surface area contributed by atoms with Crippen LogP contribution in [0.1, 0.15) is 0 Å². The van der Waals surface area contributed by atoms with Gasteiger partial charge in [0.25, 0.3) is 0 Å². The van der Waals surface area contributed by atoms with Gasteiger partial charge in [0.1, 0.15) is 5.75 Å². The second kappa shape index (κ2) is 8.04. The van der Waals surface area contributed by atoms with Crippen molar-refractivity contribution in [1.29, 1.82) is 0 Å². The van der Waals surface area contributed by atoms with Crippen LogP contribution in [0.3, 0.4) is 0 Å². The molecule has 0 atom stereocenters. The molecule has 0 saturated heterocycles. The zero-order chi connectivity index (χ0) is 16.0. The van der Waals surface area contributed by atoms with Crippen LogP contribution in [-0.4, -0.2) is 46.9 Å². The number of likely N-dealkylation sites (N-methyl/N-ethyl adjacent to an activating group) is 1. The Morgan fingerprint density at radius 1 is 1.48 bits per heavy atom. The number of benzene rings is 1. The summed E-state index contributed by atoms with van der Waals surface area (Å²) in [5.74, 6) is 2.79. The zero-order valence-corrected chi connectivity index (χ0v) is 14.8. The molecule has 0 unspecified atom stereocenters. The SMILES string of the molecule is C[N+](C)(C#P=O)CCO.Oc1c[nH]c2ccc(Br)c(Cl)c12. The van der Waals surface area contributed by atoms with E-state index in [1.54, 1.807) is 0 Å². The summed E-state index contributed by atoms with van der Waals surface area (Å²) in [5.41, 5.74) is 0.834. The van der Waals surface area contributed by atoms with Gasteiger partial charge in [-0.3, -0.25) is 0 Å². The number of quaternary nitrogens is 1. The van der Waals surface area contributed by atoms with E-state index >= 15 is 0 Å². The summed E-state index contributed by atoms with van der Waals surface area (Å²) in [4.78, 5) is 2.90. The molecule has 2 aromatic rings. The van der Waals surface area contributed by atoms with Gasteiger partial charge in [-0.25, -0.2) is 0 Å². The normalized spacial score (nSPS) is 10.7. The van der Waals surface area contributed by atoms with Gasteiger partial charge in [-0.2, -0.15) is 0 Å². The van der Waals surface area contributed by atoms with Gasteiger partial charge in [-0.15, -0.1) is 0 Å². The van der Waals surface area contributed by atoms with Gasteiger partial charge in [0.15, 0.2) is 0 Å². The van der Waals surface area contributed by atoms with E-state index in [-0.39, 0.29) is 20.3 Å². The number of halogens is 2. The summed E-state index contributed by atoms with van der Waals surface area (Å²) in [6.07, 6.45) is 1.52. The number of aromatic hydroxyl groups is 1. The number of nitrogens with one attached hydrogen (secondary N) is 1. The zero-order valence-electron chi connectivity index (χ0n) is 11.6. The Kier molecular flexibility index (Phi) is 7.01. The number of aromatic nitrogens is 1. The van der Waals surface area contributed by atoms with Crippen molar-refractivity contribution >= 4 is 46.3 Å². The van der Waals surface area contributed by atoms with E-state index in [0.717, 1.165) is 9.99 Å². The van der Waals surface area contributed by atoms with Crippen molar-refractivity contribution in [3.05, 3.63) is 27.8 Å². The molecule has 21 heavy (non-hydrogen) atoms. The molecule has 0 spiro atoms. The molecule has 0 aliphatic rings. The first-order valence-corrected chi connectivity index (χ1v) is 7.98. The van der Waals surface area contributed by atoms with Crippen LogP contribution in [0.4, 0.5) is 0 Å². The average molecular weight is 395 g/mol. The molecule has 0 aliphatic carbocycles. The number of hydrogen-bond acceptors (Lipinski definition) is 3. The number of hydrogen-bond donors (Lipinski definition) is 3. The fourth-order valence-electron chi connectivity index (χ4n) is 1.55. The maximum atomic E-state index is 9.98. The van der Waals surface area contributed by atoms with Gasteiger partial charge in [-0.05, 0) is 28.1 Å². The summed E-state index contributed by atoms with van der Waals surface area (Å²) >= 11 is 9.22. The van der Waals surface area contributed by atoms with Crippen molar-refractivity contribution in [2.24, 2.45) is 0 Å². The van der Waals surface area contributed by atoms with Crippen molar-refractivity contribution in [2.75, 3.05) is 27.2 Å². The van der Waals surface area contributed by atoms with Crippen molar-refractivity contribution in [2.45, 2.75) is 0 Å². The number of aliphatic hydroxyl groups is 1. The molecule has 114 valence electrons. The Morgan fingerprint density at radius 2 is 2.14 bits per heavy atom. The molecule has 0 radical (unpaired) electrons. The number of H-pyrrole nitrogens is 1. The second-order valence-corrected chi connectivity index (χ2v) is 6.40. The third-order valence-corrected chi connectivity index (χ3v) is 4.59. The van der Waals surface area contributed by atoms with Gasteiger partial charge >= 0.3 is 55.1 Å². The monoisotopic (exact) mass is 393 g/mol. The molecule has 3 N–H and O–H groups in total. The van der Waals surface area contributed by atoms with Crippen LogP contribution in [0, 0.1) is 5.75 Å². The number of aliphatic hydroxyl groups excluding tert-OH is 1. The summed E-state index contributed by atoms with van der Waals surface area (Å²) in [7, 11) is 3.54. The predicted molar refractivity (Wildman–Crippen MR) is 88.2 cm³/mol. The van der Waals surface area contributed by atoms with E-state index in [1.807, 2.05) is 26.2 Å². The second-order valence-electron chi connectivity index (χ2n) is 4.78. The van der Waals surface area contributed by atoms with E-state index in [1.165, 1.54) is 6.20 Å². The predicted octanol–water partition coefficient (Wildman–Crippen LogP) is 3.55. The summed E-state index contributed by atoms with van der Waals surface area (Å²) in [6, 6.07) is 3.69. The van der Waals surface area contributed by atoms with Crippen LogP contribution in [0.25, 0.3) is 10.9 Å². The van der Waals surface area contributed by atoms with Gasteiger partial charge < -0.3 is 10.1 Å². The molecule has 0 saturated carbocycles. The molecule has 0 bridgehead atoms. The number of nitrogens with zero attached hydrogens (tertiary/aromatic N) is 1. The number of rotatable bonds is 2. The average Bonchev–Trinajstić information content (AvgIpc) is 2.77. The van der Waals surface area contributed by atoms with Gasteiger partial charge in [0.05, 0.1) is 15.9 Å². The van der Waals surface area contributed by atoms with Gasteiger partial charge in [-0.1, -0.05) is 11.6 Å². The minimum Gasteiger partial charge on any atom is -0.506 e. The third-order valence-electron chi connectivity index (χ3n) is 2.69. The van der Waals surface area contributed by atoms with E-state index in [9.17, 15) is 9.67 Å². The quantitative estimate of drug-likeness (QED) is 0.539. The maximum Gasteiger partial charge on any atom is 0.142 e. The van der Waals surface area contributed by atoms with Crippen LogP contribution in [0.15, 0.2) is 22.8 Å². The molecule has 1 heterocycles. The Labute approximate surface area is 137 Å². The van der Waals surface area contributed by atoms with E-state index in [0.29, 0.717) is 21.4 Å². The van der Waals surface area contributed by atoms with E-state index in [2.05, 4.69) is 26.7 Å². The van der Waals surface area contributed by atoms with Crippen molar-refractivity contribution in [3.63, 3.8) is 0 Å². The Bertz CT molecular complexity index is 727. The molecule has 5 nitrogen and oxygen atoms in total. The molecule has 0 amide bonds. The Morgan fingerprint density at radius 3 is 2.71 bits per heavy atom. The minimum absolute atomic E-state index is 0.0928. The van der Waals surface area contributed by atoms with Crippen molar-refractivity contribution in [1.82, 2.24) is 4.98 Å². The van der Waals surface area contributed by atoms with Crippen LogP contribution in [0.5, 0.6) is 5.75 Å². The standard InChI is InChI=1S/C8H5BrClNO.C5H11NO2P/c9-4-1-2-5-7(8(4)10)6(12)3-11-5;1-6(2,3-4-7)5-9-8/h1-3,11-12H;7H,3-4H2,1-2H3/q;+1. The largest absolute Gasteiger partial charge is 0.506 e. The Hall–Kier alpha value is -0.740. The maximum absolute atomic E-state index is 9.98. The summed E-state index contributed by atoms with van der Waals surface area (Å²) in [6.45, 7) is 0.644. The first kappa shape index (κ1) is 18.3. The first-order valence-electron chi connectivity index (χ1n) is 6.00.